The zero-order valence-electron chi connectivity index (χ0n) is 11.8. The first-order chi connectivity index (χ1) is 9.76. The first-order valence-corrected chi connectivity index (χ1v) is 7.18. The molecule has 106 valence electrons. The minimum Gasteiger partial charge on any atom is -0.378 e. The molecule has 0 bridgehead atoms. The molecule has 0 saturated carbocycles. The molecule has 1 aromatic carbocycles. The van der Waals surface area contributed by atoms with Gasteiger partial charge >= 0.3 is 0 Å². The predicted molar refractivity (Wildman–Crippen MR) is 80.1 cm³/mol. The number of nitrogens with zero attached hydrogens (tertiary/aromatic N) is 1. The summed E-state index contributed by atoms with van der Waals surface area (Å²) in [4.78, 5) is 4.72. The van der Waals surface area contributed by atoms with Crippen LogP contribution in [0.3, 0.4) is 0 Å². The average Bonchev–Trinajstić information content (AvgIpc) is 2.91. The number of ether oxygens (including phenoxy) is 1. The van der Waals surface area contributed by atoms with Crippen LogP contribution in [0, 0.1) is 5.92 Å². The van der Waals surface area contributed by atoms with Crippen LogP contribution in [-0.4, -0.2) is 23.7 Å². The average molecular weight is 271 g/mol. The van der Waals surface area contributed by atoms with Crippen LogP contribution in [0.4, 0.5) is 0 Å². The van der Waals surface area contributed by atoms with Gasteiger partial charge in [0.1, 0.15) is 0 Å². The van der Waals surface area contributed by atoms with Crippen LogP contribution in [0.25, 0.3) is 10.9 Å². The first kappa shape index (κ1) is 13.5. The molecule has 3 N–H and O–H groups in total. The summed E-state index contributed by atoms with van der Waals surface area (Å²) in [6, 6.07) is 12.6. The van der Waals surface area contributed by atoms with Gasteiger partial charge in [-0.1, -0.05) is 24.3 Å². The van der Waals surface area contributed by atoms with Gasteiger partial charge in [-0.2, -0.15) is 0 Å². The van der Waals surface area contributed by atoms with E-state index in [1.54, 1.807) is 0 Å². The van der Waals surface area contributed by atoms with Crippen molar-refractivity contribution in [3.8, 4) is 0 Å². The number of fused-ring (bicyclic) bond motifs is 1. The van der Waals surface area contributed by atoms with E-state index < -0.39 is 0 Å². The highest BCUT2D eigenvalue weighted by atomic mass is 16.5. The monoisotopic (exact) mass is 271 g/mol. The maximum Gasteiger partial charge on any atom is 0.0705 e. The predicted octanol–water partition coefficient (Wildman–Crippen LogP) is 2.03. The van der Waals surface area contributed by atoms with E-state index >= 15 is 0 Å². The molecule has 4 heteroatoms. The number of nitrogens with two attached hydrogens (primary N) is 1. The number of aromatic nitrogens is 1. The fourth-order valence-electron chi connectivity index (χ4n) is 2.94. The van der Waals surface area contributed by atoms with Crippen LogP contribution >= 0.6 is 0 Å². The molecular weight excluding hydrogens is 250 g/mol. The Morgan fingerprint density at radius 2 is 2.20 bits per heavy atom. The van der Waals surface area contributed by atoms with Crippen molar-refractivity contribution in [2.24, 2.45) is 11.8 Å². The molecule has 4 nitrogen and oxygen atoms in total. The van der Waals surface area contributed by atoms with Crippen LogP contribution < -0.4 is 11.3 Å². The fourth-order valence-corrected chi connectivity index (χ4v) is 2.94. The highest BCUT2D eigenvalue weighted by Gasteiger charge is 2.29. The molecule has 0 radical (unpaired) electrons. The summed E-state index contributed by atoms with van der Waals surface area (Å²) in [6.07, 6.45) is 2.23. The second-order valence-corrected chi connectivity index (χ2v) is 5.61. The molecule has 20 heavy (non-hydrogen) atoms. The number of nitrogens with one attached hydrogen (secondary N) is 1. The molecule has 3 unspecified atom stereocenters. The molecule has 1 aromatic heterocycles. The highest BCUT2D eigenvalue weighted by Crippen LogP contribution is 2.24. The van der Waals surface area contributed by atoms with E-state index in [1.807, 2.05) is 18.2 Å². The Morgan fingerprint density at radius 1 is 1.35 bits per heavy atom. The van der Waals surface area contributed by atoms with Crippen LogP contribution in [0.5, 0.6) is 0 Å². The van der Waals surface area contributed by atoms with Gasteiger partial charge in [-0.15, -0.1) is 0 Å². The lowest BCUT2D eigenvalue weighted by Crippen LogP contribution is -2.43. The molecule has 3 rings (SSSR count). The SMILES string of the molecule is CC1CC(C(Cc2ccc3ccccc3n2)NN)CO1. The fraction of sp³-hybridized carbons (Fsp3) is 0.438. The van der Waals surface area contributed by atoms with Gasteiger partial charge in [0.2, 0.25) is 0 Å². The molecule has 2 heterocycles. The van der Waals surface area contributed by atoms with Crippen LogP contribution in [-0.2, 0) is 11.2 Å². The zero-order valence-corrected chi connectivity index (χ0v) is 11.8. The van der Waals surface area contributed by atoms with Gasteiger partial charge in [0.05, 0.1) is 18.2 Å². The number of rotatable bonds is 4. The first-order valence-electron chi connectivity index (χ1n) is 7.18. The smallest absolute Gasteiger partial charge is 0.0705 e. The van der Waals surface area contributed by atoms with Crippen molar-refractivity contribution in [1.82, 2.24) is 10.4 Å². The molecule has 0 amide bonds. The van der Waals surface area contributed by atoms with E-state index in [-0.39, 0.29) is 6.04 Å². The number of hydrazine groups is 1. The summed E-state index contributed by atoms with van der Waals surface area (Å²) >= 11 is 0. The third kappa shape index (κ3) is 2.82. The van der Waals surface area contributed by atoms with Crippen LogP contribution in [0.15, 0.2) is 36.4 Å². The lowest BCUT2D eigenvalue weighted by molar-refractivity contribution is 0.117. The summed E-state index contributed by atoms with van der Waals surface area (Å²) in [5, 5.41) is 1.17. The topological polar surface area (TPSA) is 60.2 Å². The highest BCUT2D eigenvalue weighted by molar-refractivity contribution is 5.78. The summed E-state index contributed by atoms with van der Waals surface area (Å²) in [5.41, 5.74) is 5.05. The van der Waals surface area contributed by atoms with Crippen molar-refractivity contribution >= 4 is 10.9 Å². The van der Waals surface area contributed by atoms with Crippen molar-refractivity contribution in [2.75, 3.05) is 6.61 Å². The molecule has 1 saturated heterocycles. The quantitative estimate of drug-likeness (QED) is 0.660. The number of para-hydroxylation sites is 1. The Labute approximate surface area is 119 Å². The third-order valence-electron chi connectivity index (χ3n) is 4.10. The van der Waals surface area contributed by atoms with E-state index in [0.29, 0.717) is 12.0 Å². The molecule has 1 fully saturated rings. The molecular formula is C16H21N3O. The lowest BCUT2D eigenvalue weighted by Gasteiger charge is -2.21. The van der Waals surface area contributed by atoms with E-state index in [4.69, 9.17) is 15.6 Å². The van der Waals surface area contributed by atoms with Crippen molar-refractivity contribution in [2.45, 2.75) is 31.9 Å². The molecule has 1 aliphatic heterocycles. The number of benzene rings is 1. The van der Waals surface area contributed by atoms with Gasteiger partial charge in [0.25, 0.3) is 0 Å². The van der Waals surface area contributed by atoms with Crippen molar-refractivity contribution in [3.63, 3.8) is 0 Å². The Kier molecular flexibility index (Phi) is 3.96. The van der Waals surface area contributed by atoms with Gasteiger partial charge in [-0.05, 0) is 25.5 Å². The van der Waals surface area contributed by atoms with Crippen LogP contribution in [0.2, 0.25) is 0 Å². The number of hydrogen-bond donors (Lipinski definition) is 2. The third-order valence-corrected chi connectivity index (χ3v) is 4.10. The van der Waals surface area contributed by atoms with Crippen molar-refractivity contribution in [1.29, 1.82) is 0 Å². The van der Waals surface area contributed by atoms with E-state index in [1.165, 1.54) is 5.39 Å². The largest absolute Gasteiger partial charge is 0.378 e. The minimum atomic E-state index is 0.216. The van der Waals surface area contributed by atoms with Gasteiger partial charge in [-0.3, -0.25) is 16.3 Å². The normalized spacial score (nSPS) is 24.1. The van der Waals surface area contributed by atoms with E-state index in [0.717, 1.165) is 30.7 Å². The summed E-state index contributed by atoms with van der Waals surface area (Å²) in [5.74, 6) is 6.19. The standard InChI is InChI=1S/C16H21N3O/c1-11-8-13(10-20-11)16(19-17)9-14-7-6-12-4-2-3-5-15(12)18-14/h2-7,11,13,16,19H,8-10,17H2,1H3. The number of pyridine rings is 1. The second-order valence-electron chi connectivity index (χ2n) is 5.61. The molecule has 2 aromatic rings. The Bertz CT molecular complexity index is 587. The second kappa shape index (κ2) is 5.87. The molecule has 3 atom stereocenters. The lowest BCUT2D eigenvalue weighted by atomic mass is 9.93. The Morgan fingerprint density at radius 3 is 2.95 bits per heavy atom. The zero-order chi connectivity index (χ0) is 13.9. The van der Waals surface area contributed by atoms with Crippen molar-refractivity contribution in [3.05, 3.63) is 42.1 Å². The Balaban J connectivity index is 1.76. The van der Waals surface area contributed by atoms with Crippen LogP contribution in [0.1, 0.15) is 19.0 Å². The van der Waals surface area contributed by atoms with Gasteiger partial charge < -0.3 is 4.74 Å². The molecule has 1 aliphatic rings. The maximum atomic E-state index is 5.73. The minimum absolute atomic E-state index is 0.216. The Hall–Kier alpha value is -1.49. The maximum absolute atomic E-state index is 5.73. The number of hydrogen-bond acceptors (Lipinski definition) is 4. The molecule has 0 spiro atoms. The summed E-state index contributed by atoms with van der Waals surface area (Å²) in [6.45, 7) is 2.89. The van der Waals surface area contributed by atoms with Gasteiger partial charge in [-0.25, -0.2) is 0 Å². The summed E-state index contributed by atoms with van der Waals surface area (Å²) < 4.78 is 5.64. The van der Waals surface area contributed by atoms with Crippen molar-refractivity contribution < 1.29 is 4.74 Å². The molecule has 0 aliphatic carbocycles. The summed E-state index contributed by atoms with van der Waals surface area (Å²) in [7, 11) is 0. The van der Waals surface area contributed by atoms with Gasteiger partial charge in [0, 0.05) is 29.5 Å². The van der Waals surface area contributed by atoms with E-state index in [2.05, 4.69) is 30.5 Å². The van der Waals surface area contributed by atoms with Gasteiger partial charge in [0.15, 0.2) is 0 Å². The van der Waals surface area contributed by atoms with E-state index in [9.17, 15) is 0 Å².